The molecule has 0 saturated carbocycles. The lowest BCUT2D eigenvalue weighted by Gasteiger charge is -2.27. The highest BCUT2D eigenvalue weighted by atomic mass is 16.5. The van der Waals surface area contributed by atoms with E-state index < -0.39 is 0 Å². The average Bonchev–Trinajstić information content (AvgIpc) is 2.70. The zero-order chi connectivity index (χ0) is 16.9. The third kappa shape index (κ3) is 3.80. The fraction of sp³-hybridized carbons (Fsp3) is 0.263. The van der Waals surface area contributed by atoms with Crippen LogP contribution >= 0.6 is 0 Å². The summed E-state index contributed by atoms with van der Waals surface area (Å²) in [6.45, 7) is 2.98. The second-order valence-corrected chi connectivity index (χ2v) is 5.88. The number of benzene rings is 1. The van der Waals surface area contributed by atoms with Gasteiger partial charge in [-0.3, -0.25) is 4.98 Å². The van der Waals surface area contributed by atoms with E-state index in [0.717, 1.165) is 24.5 Å². The minimum Gasteiger partial charge on any atom is -0.378 e. The summed E-state index contributed by atoms with van der Waals surface area (Å²) >= 11 is 0. The van der Waals surface area contributed by atoms with E-state index in [9.17, 15) is 0 Å². The molecule has 0 aliphatic carbocycles. The molecule has 0 N–H and O–H groups in total. The maximum absolute atomic E-state index is 5.44. The summed E-state index contributed by atoms with van der Waals surface area (Å²) in [5.74, 6) is 2.14. The van der Waals surface area contributed by atoms with Crippen LogP contribution in [-0.2, 0) is 11.2 Å². The Morgan fingerprint density at radius 2 is 1.76 bits per heavy atom. The second kappa shape index (κ2) is 7.36. The first kappa shape index (κ1) is 15.7. The SMILES string of the molecule is c1ccc(Cc2nc(-c3cccnc3)nc(N3CCOCC3)n2)cc1. The minimum atomic E-state index is 0.663. The van der Waals surface area contributed by atoms with Crippen LogP contribution in [0.5, 0.6) is 0 Å². The number of pyridine rings is 1. The zero-order valence-electron chi connectivity index (χ0n) is 13.9. The van der Waals surface area contributed by atoms with E-state index in [4.69, 9.17) is 9.72 Å². The lowest BCUT2D eigenvalue weighted by molar-refractivity contribution is 0.122. The third-order valence-corrected chi connectivity index (χ3v) is 4.09. The van der Waals surface area contributed by atoms with Gasteiger partial charge in [0.2, 0.25) is 5.95 Å². The predicted octanol–water partition coefficient (Wildman–Crippen LogP) is 2.36. The molecule has 4 rings (SSSR count). The van der Waals surface area contributed by atoms with Crippen molar-refractivity contribution in [3.63, 3.8) is 0 Å². The average molecular weight is 333 g/mol. The van der Waals surface area contributed by atoms with Gasteiger partial charge in [0.05, 0.1) is 13.2 Å². The van der Waals surface area contributed by atoms with E-state index in [1.165, 1.54) is 5.56 Å². The Bertz CT molecular complexity index is 820. The number of aromatic nitrogens is 4. The maximum Gasteiger partial charge on any atom is 0.229 e. The molecule has 1 fully saturated rings. The molecule has 2 aromatic heterocycles. The molecule has 6 heteroatoms. The minimum absolute atomic E-state index is 0.663. The van der Waals surface area contributed by atoms with Crippen molar-refractivity contribution in [2.45, 2.75) is 6.42 Å². The summed E-state index contributed by atoms with van der Waals surface area (Å²) in [5, 5.41) is 0. The molecule has 0 radical (unpaired) electrons. The van der Waals surface area contributed by atoms with Gasteiger partial charge in [-0.25, -0.2) is 4.98 Å². The molecule has 1 aliphatic heterocycles. The smallest absolute Gasteiger partial charge is 0.229 e. The fourth-order valence-electron chi connectivity index (χ4n) is 2.79. The Balaban J connectivity index is 1.72. The summed E-state index contributed by atoms with van der Waals surface area (Å²) < 4.78 is 5.44. The molecule has 1 aliphatic rings. The van der Waals surface area contributed by atoms with Crippen LogP contribution in [0.4, 0.5) is 5.95 Å². The van der Waals surface area contributed by atoms with Gasteiger partial charge < -0.3 is 9.64 Å². The van der Waals surface area contributed by atoms with Crippen molar-refractivity contribution in [3.8, 4) is 11.4 Å². The first-order valence-corrected chi connectivity index (χ1v) is 8.40. The van der Waals surface area contributed by atoms with Gasteiger partial charge in [0.25, 0.3) is 0 Å². The fourth-order valence-corrected chi connectivity index (χ4v) is 2.79. The summed E-state index contributed by atoms with van der Waals surface area (Å²) in [5.41, 5.74) is 2.08. The van der Waals surface area contributed by atoms with Gasteiger partial charge in [0.1, 0.15) is 5.82 Å². The Kier molecular flexibility index (Phi) is 4.61. The molecule has 25 heavy (non-hydrogen) atoms. The summed E-state index contributed by atoms with van der Waals surface area (Å²) in [6, 6.07) is 14.1. The monoisotopic (exact) mass is 333 g/mol. The molecule has 0 unspecified atom stereocenters. The van der Waals surface area contributed by atoms with Gasteiger partial charge in [-0.2, -0.15) is 9.97 Å². The van der Waals surface area contributed by atoms with Crippen molar-refractivity contribution in [1.82, 2.24) is 19.9 Å². The van der Waals surface area contributed by atoms with Gasteiger partial charge >= 0.3 is 0 Å². The van der Waals surface area contributed by atoms with Gasteiger partial charge in [0, 0.05) is 37.5 Å². The second-order valence-electron chi connectivity index (χ2n) is 5.88. The topological polar surface area (TPSA) is 64.0 Å². The number of anilines is 1. The van der Waals surface area contributed by atoms with Gasteiger partial charge in [-0.15, -0.1) is 0 Å². The molecule has 0 bridgehead atoms. The first-order chi connectivity index (χ1) is 12.4. The highest BCUT2D eigenvalue weighted by Crippen LogP contribution is 2.19. The summed E-state index contributed by atoms with van der Waals surface area (Å²) in [6.07, 6.45) is 4.21. The normalized spacial score (nSPS) is 14.5. The zero-order valence-corrected chi connectivity index (χ0v) is 13.9. The molecule has 3 aromatic rings. The number of morpholine rings is 1. The molecule has 0 amide bonds. The highest BCUT2D eigenvalue weighted by Gasteiger charge is 2.17. The van der Waals surface area contributed by atoms with Crippen molar-refractivity contribution in [2.24, 2.45) is 0 Å². The van der Waals surface area contributed by atoms with Crippen molar-refractivity contribution >= 4 is 5.95 Å². The van der Waals surface area contributed by atoms with Crippen LogP contribution in [0.15, 0.2) is 54.9 Å². The third-order valence-electron chi connectivity index (χ3n) is 4.09. The van der Waals surface area contributed by atoms with Crippen molar-refractivity contribution in [1.29, 1.82) is 0 Å². The molecule has 6 nitrogen and oxygen atoms in total. The van der Waals surface area contributed by atoms with Crippen molar-refractivity contribution in [2.75, 3.05) is 31.2 Å². The molecule has 1 saturated heterocycles. The summed E-state index contributed by atoms with van der Waals surface area (Å²) in [7, 11) is 0. The molecular weight excluding hydrogens is 314 g/mol. The predicted molar refractivity (Wildman–Crippen MR) is 95.3 cm³/mol. The van der Waals surface area contributed by atoms with Gasteiger partial charge in [-0.05, 0) is 17.7 Å². The van der Waals surface area contributed by atoms with E-state index in [-0.39, 0.29) is 0 Å². The molecule has 0 spiro atoms. The molecular formula is C19H19N5O. The van der Waals surface area contributed by atoms with E-state index in [1.54, 1.807) is 12.4 Å². The van der Waals surface area contributed by atoms with Gasteiger partial charge in [0.15, 0.2) is 5.82 Å². The van der Waals surface area contributed by atoms with E-state index in [2.05, 4.69) is 32.0 Å². The van der Waals surface area contributed by atoms with Crippen LogP contribution < -0.4 is 4.90 Å². The van der Waals surface area contributed by atoms with Crippen LogP contribution in [0.1, 0.15) is 11.4 Å². The van der Waals surface area contributed by atoms with Gasteiger partial charge in [-0.1, -0.05) is 30.3 Å². The standard InChI is InChI=1S/C19H19N5O/c1-2-5-15(6-3-1)13-17-21-18(16-7-4-8-20-14-16)23-19(22-17)24-9-11-25-12-10-24/h1-8,14H,9-13H2. The Morgan fingerprint density at radius 3 is 2.52 bits per heavy atom. The van der Waals surface area contributed by atoms with E-state index >= 15 is 0 Å². The molecule has 3 heterocycles. The van der Waals surface area contributed by atoms with Crippen LogP contribution in [0.3, 0.4) is 0 Å². The Labute approximate surface area is 146 Å². The van der Waals surface area contributed by atoms with Crippen LogP contribution in [0, 0.1) is 0 Å². The molecule has 0 atom stereocenters. The van der Waals surface area contributed by atoms with Crippen LogP contribution in [0.2, 0.25) is 0 Å². The van der Waals surface area contributed by atoms with E-state index in [1.807, 2.05) is 30.3 Å². The lowest BCUT2D eigenvalue weighted by Crippen LogP contribution is -2.37. The number of rotatable bonds is 4. The molecule has 126 valence electrons. The van der Waals surface area contributed by atoms with Crippen molar-refractivity contribution < 1.29 is 4.74 Å². The lowest BCUT2D eigenvalue weighted by atomic mass is 10.1. The van der Waals surface area contributed by atoms with E-state index in [0.29, 0.717) is 31.4 Å². The number of nitrogens with zero attached hydrogens (tertiary/aromatic N) is 5. The van der Waals surface area contributed by atoms with Crippen molar-refractivity contribution in [3.05, 3.63) is 66.2 Å². The Hall–Kier alpha value is -2.86. The number of hydrogen-bond donors (Lipinski definition) is 0. The highest BCUT2D eigenvalue weighted by molar-refractivity contribution is 5.55. The maximum atomic E-state index is 5.44. The number of hydrogen-bond acceptors (Lipinski definition) is 6. The Morgan fingerprint density at radius 1 is 0.920 bits per heavy atom. The number of ether oxygens (including phenoxy) is 1. The molecule has 1 aromatic carbocycles. The summed E-state index contributed by atoms with van der Waals surface area (Å²) in [4.78, 5) is 20.4. The largest absolute Gasteiger partial charge is 0.378 e. The van der Waals surface area contributed by atoms with Crippen LogP contribution in [0.25, 0.3) is 11.4 Å². The van der Waals surface area contributed by atoms with Crippen LogP contribution in [-0.4, -0.2) is 46.2 Å². The first-order valence-electron chi connectivity index (χ1n) is 8.40. The quantitative estimate of drug-likeness (QED) is 0.730.